The highest BCUT2D eigenvalue weighted by atomic mass is 32.1. The number of hydrogen-bond acceptors (Lipinski definition) is 8. The molecular weight excluding hydrogens is 484 g/mol. The predicted octanol–water partition coefficient (Wildman–Crippen LogP) is 4.63. The third-order valence-electron chi connectivity index (χ3n) is 6.55. The number of ether oxygens (including phenoxy) is 1. The van der Waals surface area contributed by atoms with Crippen LogP contribution in [0.25, 0.3) is 10.6 Å². The number of carbonyl (C=O) groups excluding carboxylic acids is 1. The Labute approximate surface area is 212 Å². The van der Waals surface area contributed by atoms with Crippen LogP contribution in [-0.4, -0.2) is 34.5 Å². The highest BCUT2D eigenvalue weighted by Gasteiger charge is 2.36. The highest BCUT2D eigenvalue weighted by molar-refractivity contribution is 7.19. The van der Waals surface area contributed by atoms with E-state index in [1.54, 1.807) is 12.4 Å². The van der Waals surface area contributed by atoms with Crippen LogP contribution in [0.15, 0.2) is 36.7 Å². The molecule has 4 N–H and O–H groups in total. The molecule has 2 heterocycles. The number of ketones is 1. The normalized spacial score (nSPS) is 21.8. The van der Waals surface area contributed by atoms with Gasteiger partial charge in [-0.05, 0) is 54.0 Å². The summed E-state index contributed by atoms with van der Waals surface area (Å²) in [6, 6.07) is 7.30. The van der Waals surface area contributed by atoms with Gasteiger partial charge in [0.05, 0.1) is 30.8 Å². The Morgan fingerprint density at radius 2 is 2.03 bits per heavy atom. The molecule has 0 amide bonds. The van der Waals surface area contributed by atoms with E-state index in [-0.39, 0.29) is 57.5 Å². The van der Waals surface area contributed by atoms with E-state index >= 15 is 0 Å². The van der Waals surface area contributed by atoms with Gasteiger partial charge in [-0.15, -0.1) is 0 Å². The van der Waals surface area contributed by atoms with Crippen LogP contribution in [0.4, 0.5) is 13.8 Å². The maximum atomic E-state index is 14.2. The molecule has 4 atom stereocenters. The Kier molecular flexibility index (Phi) is 8.04. The zero-order valence-electron chi connectivity index (χ0n) is 19.8. The summed E-state index contributed by atoms with van der Waals surface area (Å²) in [7, 11) is 0. The van der Waals surface area contributed by atoms with Gasteiger partial charge in [0.2, 0.25) is 0 Å². The summed E-state index contributed by atoms with van der Waals surface area (Å²) in [4.78, 5) is 21.6. The van der Waals surface area contributed by atoms with Gasteiger partial charge in [-0.1, -0.05) is 24.3 Å². The second-order valence-electron chi connectivity index (χ2n) is 9.06. The van der Waals surface area contributed by atoms with Crippen LogP contribution in [0.2, 0.25) is 0 Å². The molecule has 1 aliphatic rings. The van der Waals surface area contributed by atoms with Crippen molar-refractivity contribution in [1.82, 2.24) is 9.97 Å². The summed E-state index contributed by atoms with van der Waals surface area (Å²) in [5.74, 6) is -1.62. The number of carbonyl (C=O) groups is 1. The molecule has 1 aromatic carbocycles. The largest absolute Gasteiger partial charge is 0.389 e. The van der Waals surface area contributed by atoms with Crippen molar-refractivity contribution in [2.75, 3.05) is 12.3 Å². The molecule has 0 spiro atoms. The summed E-state index contributed by atoms with van der Waals surface area (Å²) in [5, 5.41) is 8.89. The Bertz CT molecular complexity index is 1260. The third-order valence-corrected chi connectivity index (χ3v) is 7.45. The molecule has 0 unspecified atom stereocenters. The zero-order valence-corrected chi connectivity index (χ0v) is 20.6. The lowest BCUT2D eigenvalue weighted by Gasteiger charge is -2.39. The first-order chi connectivity index (χ1) is 17.3. The number of hydrogen-bond donors (Lipinski definition) is 2. The number of aromatic nitrogens is 2. The number of nitriles is 1. The number of Topliss-reactive ketones (excluding diaryl/α,β-unsaturated/α-hetero) is 1. The smallest absolute Gasteiger partial charge is 0.188 e. The van der Waals surface area contributed by atoms with Crippen LogP contribution in [0.3, 0.4) is 0 Å². The summed E-state index contributed by atoms with van der Waals surface area (Å²) in [5.41, 5.74) is 13.9. The number of thiazole rings is 1. The maximum absolute atomic E-state index is 14.2. The molecule has 36 heavy (non-hydrogen) atoms. The molecular formula is C26H27F2N5O2S. The molecule has 1 saturated carbocycles. The third kappa shape index (κ3) is 5.43. The van der Waals surface area contributed by atoms with Gasteiger partial charge < -0.3 is 16.2 Å². The number of anilines is 1. The van der Waals surface area contributed by atoms with Crippen molar-refractivity contribution in [1.29, 1.82) is 5.26 Å². The lowest BCUT2D eigenvalue weighted by Crippen LogP contribution is -2.46. The molecule has 1 fully saturated rings. The summed E-state index contributed by atoms with van der Waals surface area (Å²) in [6.07, 6.45) is 5.01. The van der Waals surface area contributed by atoms with E-state index in [2.05, 4.69) is 23.0 Å². The number of nitrogens with zero attached hydrogens (tertiary/aromatic N) is 3. The van der Waals surface area contributed by atoms with Gasteiger partial charge in [-0.3, -0.25) is 9.78 Å². The topological polar surface area (TPSA) is 128 Å². The molecule has 3 aromatic rings. The molecule has 4 rings (SSSR count). The molecule has 2 aromatic heterocycles. The average Bonchev–Trinajstić information content (AvgIpc) is 3.22. The van der Waals surface area contributed by atoms with Crippen LogP contribution in [0, 0.1) is 28.9 Å². The quantitative estimate of drug-likeness (QED) is 0.333. The van der Waals surface area contributed by atoms with Crippen molar-refractivity contribution in [3.8, 4) is 16.6 Å². The zero-order chi connectivity index (χ0) is 25.8. The minimum atomic E-state index is -0.769. The maximum Gasteiger partial charge on any atom is 0.188 e. The van der Waals surface area contributed by atoms with Gasteiger partial charge in [-0.2, -0.15) is 5.26 Å². The minimum Gasteiger partial charge on any atom is -0.389 e. The van der Waals surface area contributed by atoms with Crippen molar-refractivity contribution >= 4 is 22.1 Å². The monoisotopic (exact) mass is 511 g/mol. The van der Waals surface area contributed by atoms with E-state index in [0.29, 0.717) is 19.4 Å². The molecule has 188 valence electrons. The first-order valence-electron chi connectivity index (χ1n) is 11.7. The number of rotatable bonds is 8. The number of pyridine rings is 1. The van der Waals surface area contributed by atoms with Crippen LogP contribution in [0.1, 0.15) is 53.7 Å². The summed E-state index contributed by atoms with van der Waals surface area (Å²) < 4.78 is 34.3. The van der Waals surface area contributed by atoms with Gasteiger partial charge >= 0.3 is 0 Å². The van der Waals surface area contributed by atoms with Crippen LogP contribution >= 0.6 is 11.3 Å². The Balaban J connectivity index is 1.53. The number of nitrogens with two attached hydrogens (primary N) is 2. The molecule has 0 bridgehead atoms. The Morgan fingerprint density at radius 3 is 2.72 bits per heavy atom. The van der Waals surface area contributed by atoms with E-state index in [0.717, 1.165) is 41.0 Å². The van der Waals surface area contributed by atoms with Crippen molar-refractivity contribution in [3.05, 3.63) is 65.1 Å². The van der Waals surface area contributed by atoms with Crippen molar-refractivity contribution in [2.24, 2.45) is 11.7 Å². The first kappa shape index (κ1) is 25.8. The van der Waals surface area contributed by atoms with Crippen LogP contribution in [0.5, 0.6) is 0 Å². The van der Waals surface area contributed by atoms with Crippen LogP contribution < -0.4 is 11.5 Å². The van der Waals surface area contributed by atoms with Gasteiger partial charge in [0.15, 0.2) is 5.78 Å². The molecule has 0 aliphatic heterocycles. The fourth-order valence-corrected chi connectivity index (χ4v) is 5.83. The van der Waals surface area contributed by atoms with E-state index in [9.17, 15) is 13.6 Å². The van der Waals surface area contributed by atoms with Crippen LogP contribution in [-0.2, 0) is 11.2 Å². The molecule has 0 saturated heterocycles. The predicted molar refractivity (Wildman–Crippen MR) is 133 cm³/mol. The standard InChI is InChI=1S/C26H27F2N5O2S/c1-14-10-15(11-20(30)24(14)35-9-3-7-29)17-6-8-32-13-16(17)12-21(34)23-25(31)36-26(33-23)22-18(27)4-2-5-19(22)28/h2,4-6,8,13-15,20,24H,3,9-12,30-31H2,1H3/t14-,15+,20+,24-/m1/s1. The van der Waals surface area contributed by atoms with Crippen molar-refractivity contribution in [2.45, 2.75) is 50.7 Å². The molecule has 1 aliphatic carbocycles. The number of benzene rings is 1. The van der Waals surface area contributed by atoms with E-state index in [4.69, 9.17) is 21.5 Å². The Morgan fingerprint density at radius 1 is 1.28 bits per heavy atom. The van der Waals surface area contributed by atoms with Gasteiger partial charge in [-0.25, -0.2) is 13.8 Å². The molecule has 0 radical (unpaired) electrons. The van der Waals surface area contributed by atoms with E-state index in [1.807, 2.05) is 6.07 Å². The highest BCUT2D eigenvalue weighted by Crippen LogP contribution is 2.39. The van der Waals surface area contributed by atoms with E-state index < -0.39 is 11.6 Å². The fraction of sp³-hybridized carbons (Fsp3) is 0.385. The average molecular weight is 512 g/mol. The molecule has 10 heteroatoms. The summed E-state index contributed by atoms with van der Waals surface area (Å²) >= 11 is 0.875. The number of halogens is 2. The lowest BCUT2D eigenvalue weighted by molar-refractivity contribution is -0.0199. The Hall–Kier alpha value is -3.26. The SMILES string of the molecule is C[C@@H]1C[C@H](c2ccncc2CC(=O)c2nc(-c3c(F)cccc3F)sc2N)C[C@H](N)[C@@H]1OCCC#N. The van der Waals surface area contributed by atoms with Crippen molar-refractivity contribution < 1.29 is 18.3 Å². The fourth-order valence-electron chi connectivity index (χ4n) is 4.93. The second kappa shape index (κ2) is 11.2. The van der Waals surface area contributed by atoms with Crippen molar-refractivity contribution in [3.63, 3.8) is 0 Å². The van der Waals surface area contributed by atoms with Gasteiger partial charge in [0.1, 0.15) is 27.3 Å². The first-order valence-corrected chi connectivity index (χ1v) is 12.5. The van der Waals surface area contributed by atoms with Gasteiger partial charge in [0, 0.05) is 24.9 Å². The van der Waals surface area contributed by atoms with E-state index in [1.165, 1.54) is 6.07 Å². The molecule has 7 nitrogen and oxygen atoms in total. The minimum absolute atomic E-state index is 0.00147. The second-order valence-corrected chi connectivity index (χ2v) is 10.1. The van der Waals surface area contributed by atoms with Gasteiger partial charge in [0.25, 0.3) is 0 Å². The number of nitrogen functional groups attached to an aromatic ring is 1. The lowest BCUT2D eigenvalue weighted by atomic mass is 9.73. The summed E-state index contributed by atoms with van der Waals surface area (Å²) in [6.45, 7) is 2.43.